The number of fused-ring (bicyclic) bond motifs is 1. The Bertz CT molecular complexity index is 1810. The maximum absolute atomic E-state index is 9.58. The first kappa shape index (κ1) is 28.9. The van der Waals surface area contributed by atoms with Crippen molar-refractivity contribution in [2.24, 2.45) is 7.05 Å². The van der Waals surface area contributed by atoms with Crippen molar-refractivity contribution in [3.63, 3.8) is 0 Å². The van der Waals surface area contributed by atoms with Crippen molar-refractivity contribution >= 4 is 16.6 Å². The number of rotatable bonds is 5. The molecular formula is C35H29N4Pt-3. The number of benzene rings is 3. The van der Waals surface area contributed by atoms with Crippen molar-refractivity contribution in [3.05, 3.63) is 114 Å². The van der Waals surface area contributed by atoms with Crippen LogP contribution in [0.4, 0.5) is 5.69 Å². The Morgan fingerprint density at radius 3 is 2.35 bits per heavy atom. The van der Waals surface area contributed by atoms with Crippen LogP contribution in [-0.2, 0) is 28.1 Å². The molecule has 2 heterocycles. The molecule has 0 fully saturated rings. The summed E-state index contributed by atoms with van der Waals surface area (Å²) in [5, 5.41) is 10.5. The van der Waals surface area contributed by atoms with Crippen molar-refractivity contribution in [2.75, 3.05) is 0 Å². The minimum absolute atomic E-state index is 0. The Morgan fingerprint density at radius 1 is 0.975 bits per heavy atom. The average Bonchev–Trinajstić information content (AvgIpc) is 3.28. The third-order valence-corrected chi connectivity index (χ3v) is 7.32. The molecule has 0 amide bonds. The molecule has 0 atom stereocenters. The largest absolute Gasteiger partial charge is 0.400 e. The molecule has 40 heavy (non-hydrogen) atoms. The first-order valence-corrected chi connectivity index (χ1v) is 13.1. The van der Waals surface area contributed by atoms with Crippen molar-refractivity contribution < 1.29 is 21.1 Å². The minimum Gasteiger partial charge on any atom is -0.400 e. The molecule has 0 saturated carbocycles. The SMILES string of the molecule is [C-]#[N+]c1c(C(C)C)cc(C(C)C)c([CH2-])c1-c1[c-]c2c(-c3[c-]c(-c4ncccc4C#N)ccc3)cccc2n1C.[Pt]. The van der Waals surface area contributed by atoms with E-state index in [1.54, 1.807) is 18.3 Å². The zero-order valence-electron chi connectivity index (χ0n) is 23.2. The molecule has 202 valence electrons. The molecule has 0 bridgehead atoms. The zero-order chi connectivity index (χ0) is 27.8. The van der Waals surface area contributed by atoms with Crippen LogP contribution in [0.25, 0.3) is 49.4 Å². The Hall–Kier alpha value is -4.11. The number of pyridine rings is 1. The Morgan fingerprint density at radius 2 is 1.68 bits per heavy atom. The summed E-state index contributed by atoms with van der Waals surface area (Å²) in [7, 11) is 2.02. The van der Waals surface area contributed by atoms with Crippen LogP contribution in [0, 0.1) is 37.0 Å². The second kappa shape index (κ2) is 11.6. The molecule has 0 aliphatic rings. The van der Waals surface area contributed by atoms with Gasteiger partial charge in [0.05, 0.1) is 12.6 Å². The van der Waals surface area contributed by atoms with E-state index in [0.29, 0.717) is 16.9 Å². The van der Waals surface area contributed by atoms with E-state index < -0.39 is 0 Å². The minimum atomic E-state index is 0. The fourth-order valence-corrected chi connectivity index (χ4v) is 5.29. The van der Waals surface area contributed by atoms with Gasteiger partial charge in [0, 0.05) is 45.6 Å². The number of aryl methyl sites for hydroxylation is 1. The van der Waals surface area contributed by atoms with E-state index in [1.807, 2.05) is 31.3 Å². The quantitative estimate of drug-likeness (QED) is 0.172. The van der Waals surface area contributed by atoms with Crippen molar-refractivity contribution in [3.8, 4) is 39.7 Å². The number of hydrogen-bond acceptors (Lipinski definition) is 2. The fourth-order valence-electron chi connectivity index (χ4n) is 5.29. The Balaban J connectivity index is 0.00000370. The van der Waals surface area contributed by atoms with Gasteiger partial charge in [-0.1, -0.05) is 79.8 Å². The van der Waals surface area contributed by atoms with Gasteiger partial charge in [-0.25, -0.2) is 4.85 Å². The number of hydrogen-bond donors (Lipinski definition) is 0. The van der Waals surface area contributed by atoms with Crippen molar-refractivity contribution in [2.45, 2.75) is 39.5 Å². The van der Waals surface area contributed by atoms with Gasteiger partial charge in [0.15, 0.2) is 5.69 Å². The molecule has 0 unspecified atom stereocenters. The maximum Gasteiger partial charge on any atom is 0.158 e. The third kappa shape index (κ3) is 4.86. The van der Waals surface area contributed by atoms with Crippen LogP contribution in [-0.4, -0.2) is 9.55 Å². The number of aromatic nitrogens is 2. The van der Waals surface area contributed by atoms with Crippen LogP contribution in [0.3, 0.4) is 0 Å². The van der Waals surface area contributed by atoms with Gasteiger partial charge in [0.2, 0.25) is 0 Å². The van der Waals surface area contributed by atoms with Gasteiger partial charge in [-0.15, -0.1) is 52.9 Å². The summed E-state index contributed by atoms with van der Waals surface area (Å²) < 4.78 is 2.11. The van der Waals surface area contributed by atoms with Gasteiger partial charge >= 0.3 is 0 Å². The summed E-state index contributed by atoms with van der Waals surface area (Å²) >= 11 is 0. The summed E-state index contributed by atoms with van der Waals surface area (Å²) in [4.78, 5) is 8.47. The van der Waals surface area contributed by atoms with Crippen LogP contribution in [0.5, 0.6) is 0 Å². The fraction of sp³-hybridized carbons (Fsp3) is 0.200. The summed E-state index contributed by atoms with van der Waals surface area (Å²) in [6, 6.07) is 27.2. The molecule has 3 aromatic carbocycles. The molecule has 0 saturated heterocycles. The molecular weight excluding hydrogens is 671 g/mol. The third-order valence-electron chi connectivity index (χ3n) is 7.32. The smallest absolute Gasteiger partial charge is 0.158 e. The molecule has 0 spiro atoms. The Labute approximate surface area is 251 Å². The summed E-state index contributed by atoms with van der Waals surface area (Å²) in [6.07, 6.45) is 1.69. The van der Waals surface area contributed by atoms with E-state index in [0.717, 1.165) is 55.5 Å². The Kier molecular flexibility index (Phi) is 8.34. The van der Waals surface area contributed by atoms with Crippen molar-refractivity contribution in [1.82, 2.24) is 9.55 Å². The molecule has 4 nitrogen and oxygen atoms in total. The van der Waals surface area contributed by atoms with Gasteiger partial charge in [-0.3, -0.25) is 4.98 Å². The molecule has 2 aromatic heterocycles. The predicted molar refractivity (Wildman–Crippen MR) is 158 cm³/mol. The van der Waals surface area contributed by atoms with E-state index in [1.165, 1.54) is 0 Å². The normalized spacial score (nSPS) is 10.9. The van der Waals surface area contributed by atoms with Crippen molar-refractivity contribution in [1.29, 1.82) is 5.26 Å². The number of nitriles is 1. The monoisotopic (exact) mass is 700 g/mol. The van der Waals surface area contributed by atoms with E-state index >= 15 is 0 Å². The van der Waals surface area contributed by atoms with E-state index in [4.69, 9.17) is 6.57 Å². The molecule has 0 aliphatic carbocycles. The van der Waals surface area contributed by atoms with Crippen LogP contribution < -0.4 is 0 Å². The number of nitrogens with zero attached hydrogens (tertiary/aromatic N) is 4. The first-order chi connectivity index (χ1) is 18.8. The molecule has 5 heteroatoms. The van der Waals surface area contributed by atoms with E-state index in [2.05, 4.69) is 85.4 Å². The molecule has 5 rings (SSSR count). The summed E-state index contributed by atoms with van der Waals surface area (Å²) in [6.45, 7) is 21.2. The topological polar surface area (TPSA) is 46.0 Å². The van der Waals surface area contributed by atoms with Crippen LogP contribution in [0.1, 0.15) is 61.8 Å². The van der Waals surface area contributed by atoms with Gasteiger partial charge in [0.25, 0.3) is 0 Å². The van der Waals surface area contributed by atoms with E-state index in [-0.39, 0.29) is 32.9 Å². The van der Waals surface area contributed by atoms with Gasteiger partial charge in [-0.2, -0.15) is 17.7 Å². The maximum atomic E-state index is 9.58. The summed E-state index contributed by atoms with van der Waals surface area (Å²) in [5.41, 5.74) is 10.2. The predicted octanol–water partition coefficient (Wildman–Crippen LogP) is 9.02. The van der Waals surface area contributed by atoms with Gasteiger partial charge in [0.1, 0.15) is 0 Å². The molecule has 0 aliphatic heterocycles. The van der Waals surface area contributed by atoms with Crippen LogP contribution in [0.15, 0.2) is 60.8 Å². The molecule has 5 aromatic rings. The van der Waals surface area contributed by atoms with Crippen LogP contribution in [0.2, 0.25) is 0 Å². The van der Waals surface area contributed by atoms with Gasteiger partial charge < -0.3 is 4.57 Å². The first-order valence-electron chi connectivity index (χ1n) is 13.1. The second-order valence-corrected chi connectivity index (χ2v) is 10.4. The standard InChI is InChI=1S/C35H29N4.Pt/c1-21(2)28-18-29(22(3)4)35(37-6)33(23(28)5)32-19-30-27(14-9-15-31(30)39(32)7)24-11-8-12-25(17-24)34-26(20-36)13-10-16-38-34;/h8-16,18,21-22H,5H2,1-4,7H3;/q-3;. The van der Waals surface area contributed by atoms with Crippen LogP contribution >= 0.6 is 0 Å². The second-order valence-electron chi connectivity index (χ2n) is 10.4. The van der Waals surface area contributed by atoms with E-state index in [9.17, 15) is 5.26 Å². The van der Waals surface area contributed by atoms with Gasteiger partial charge in [-0.05, 0) is 23.6 Å². The zero-order valence-corrected chi connectivity index (χ0v) is 25.5. The average molecular weight is 701 g/mol. The molecule has 0 N–H and O–H groups in total. The molecule has 0 radical (unpaired) electrons. The summed E-state index contributed by atoms with van der Waals surface area (Å²) in [5.74, 6) is 0.486.